The van der Waals surface area contributed by atoms with Crippen molar-refractivity contribution < 1.29 is 13.9 Å². The van der Waals surface area contributed by atoms with Crippen LogP contribution in [-0.4, -0.2) is 21.7 Å². The molecule has 0 saturated heterocycles. The van der Waals surface area contributed by atoms with Gasteiger partial charge in [0.15, 0.2) is 5.65 Å². The number of anilines is 1. The van der Waals surface area contributed by atoms with Crippen molar-refractivity contribution >= 4 is 22.9 Å². The lowest BCUT2D eigenvalue weighted by atomic mass is 10.2. The zero-order chi connectivity index (χ0) is 14.0. The van der Waals surface area contributed by atoms with Crippen LogP contribution in [0.1, 0.15) is 20.8 Å². The molecule has 0 fully saturated rings. The standard InChI is InChI=1S/C13H14FN3O2/c1-13(2,3)19-12(18)17-10-7-5-8-4-6-9(14)15-11(8)16-10/h4-7H,1-3H3,(H,15,16,17,18). The second-order valence-electron chi connectivity index (χ2n) is 5.00. The first kappa shape index (κ1) is 13.2. The number of nitrogens with zero attached hydrogens (tertiary/aromatic N) is 2. The van der Waals surface area contributed by atoms with Gasteiger partial charge in [0.05, 0.1) is 0 Å². The van der Waals surface area contributed by atoms with E-state index < -0.39 is 17.6 Å². The molecule has 100 valence electrons. The molecule has 6 heteroatoms. The van der Waals surface area contributed by atoms with E-state index in [1.807, 2.05) is 0 Å². The van der Waals surface area contributed by atoms with E-state index >= 15 is 0 Å². The monoisotopic (exact) mass is 263 g/mol. The zero-order valence-corrected chi connectivity index (χ0v) is 10.9. The molecule has 2 aromatic rings. The van der Waals surface area contributed by atoms with Crippen LogP contribution in [0.3, 0.4) is 0 Å². The van der Waals surface area contributed by atoms with Crippen LogP contribution in [0.2, 0.25) is 0 Å². The van der Waals surface area contributed by atoms with Crippen LogP contribution in [0.4, 0.5) is 15.0 Å². The van der Waals surface area contributed by atoms with Gasteiger partial charge in [-0.25, -0.2) is 9.78 Å². The maximum absolute atomic E-state index is 13.0. The van der Waals surface area contributed by atoms with Crippen molar-refractivity contribution in [3.05, 3.63) is 30.2 Å². The number of pyridine rings is 2. The number of ether oxygens (including phenoxy) is 1. The number of carbonyl (C=O) groups excluding carboxylic acids is 1. The molecule has 0 atom stereocenters. The largest absolute Gasteiger partial charge is 0.444 e. The Balaban J connectivity index is 2.19. The molecule has 1 N–H and O–H groups in total. The van der Waals surface area contributed by atoms with Gasteiger partial charge in [-0.1, -0.05) is 0 Å². The molecule has 0 radical (unpaired) electrons. The summed E-state index contributed by atoms with van der Waals surface area (Å²) in [4.78, 5) is 19.3. The summed E-state index contributed by atoms with van der Waals surface area (Å²) in [5.41, 5.74) is -0.362. The second kappa shape index (κ2) is 4.79. The van der Waals surface area contributed by atoms with Gasteiger partial charge in [0.1, 0.15) is 11.4 Å². The third kappa shape index (κ3) is 3.61. The number of halogens is 1. The lowest BCUT2D eigenvalue weighted by Crippen LogP contribution is -2.27. The van der Waals surface area contributed by atoms with E-state index in [1.54, 1.807) is 39.0 Å². The smallest absolute Gasteiger partial charge is 0.413 e. The summed E-state index contributed by atoms with van der Waals surface area (Å²) in [5.74, 6) is -0.353. The Morgan fingerprint density at radius 3 is 2.58 bits per heavy atom. The minimum absolute atomic E-state index is 0.230. The number of carbonyl (C=O) groups is 1. The molecule has 1 amide bonds. The van der Waals surface area contributed by atoms with E-state index in [0.717, 1.165) is 0 Å². The lowest BCUT2D eigenvalue weighted by molar-refractivity contribution is 0.0635. The van der Waals surface area contributed by atoms with Crippen LogP contribution < -0.4 is 5.32 Å². The van der Waals surface area contributed by atoms with Gasteiger partial charge in [0.2, 0.25) is 5.95 Å². The van der Waals surface area contributed by atoms with Crippen LogP contribution in [0.15, 0.2) is 24.3 Å². The van der Waals surface area contributed by atoms with Gasteiger partial charge in [-0.2, -0.15) is 9.37 Å². The SMILES string of the molecule is CC(C)(C)OC(=O)Nc1ccc2ccc(F)nc2n1. The summed E-state index contributed by atoms with van der Waals surface area (Å²) >= 11 is 0. The van der Waals surface area contributed by atoms with Crippen molar-refractivity contribution in [3.8, 4) is 0 Å². The van der Waals surface area contributed by atoms with Crippen molar-refractivity contribution in [2.75, 3.05) is 5.32 Å². The van der Waals surface area contributed by atoms with E-state index in [-0.39, 0.29) is 11.5 Å². The highest BCUT2D eigenvalue weighted by molar-refractivity contribution is 5.86. The first-order valence-electron chi connectivity index (χ1n) is 5.77. The van der Waals surface area contributed by atoms with Crippen LogP contribution >= 0.6 is 0 Å². The molecule has 0 bridgehead atoms. The molecule has 0 aromatic carbocycles. The molecule has 2 heterocycles. The molecule has 2 rings (SSSR count). The molecule has 0 aliphatic heterocycles. The van der Waals surface area contributed by atoms with Gasteiger partial charge in [-0.05, 0) is 45.0 Å². The summed E-state index contributed by atoms with van der Waals surface area (Å²) in [5, 5.41) is 3.17. The highest BCUT2D eigenvalue weighted by Gasteiger charge is 2.16. The van der Waals surface area contributed by atoms with Crippen LogP contribution in [0.25, 0.3) is 11.0 Å². The number of rotatable bonds is 1. The highest BCUT2D eigenvalue weighted by atomic mass is 19.1. The van der Waals surface area contributed by atoms with Gasteiger partial charge < -0.3 is 4.74 Å². The van der Waals surface area contributed by atoms with Crippen LogP contribution in [0.5, 0.6) is 0 Å². The minimum atomic E-state index is -0.616. The fourth-order valence-corrected chi connectivity index (χ4v) is 1.45. The molecule has 0 aliphatic carbocycles. The third-order valence-electron chi connectivity index (χ3n) is 2.15. The number of hydrogen-bond donors (Lipinski definition) is 1. The Bertz CT molecular complexity index is 623. The third-order valence-corrected chi connectivity index (χ3v) is 2.15. The maximum Gasteiger partial charge on any atom is 0.413 e. The topological polar surface area (TPSA) is 64.1 Å². The maximum atomic E-state index is 13.0. The summed E-state index contributed by atoms with van der Waals surface area (Å²) < 4.78 is 18.1. The first-order chi connectivity index (χ1) is 8.83. The van der Waals surface area contributed by atoms with Crippen molar-refractivity contribution in [1.29, 1.82) is 0 Å². The van der Waals surface area contributed by atoms with Gasteiger partial charge in [0, 0.05) is 5.39 Å². The molecule has 0 aliphatic rings. The lowest BCUT2D eigenvalue weighted by Gasteiger charge is -2.19. The van der Waals surface area contributed by atoms with E-state index in [4.69, 9.17) is 4.74 Å². The summed E-state index contributed by atoms with van der Waals surface area (Å²) in [7, 11) is 0. The summed E-state index contributed by atoms with van der Waals surface area (Å²) in [6.07, 6.45) is -0.615. The fourth-order valence-electron chi connectivity index (χ4n) is 1.45. The number of hydrogen-bond acceptors (Lipinski definition) is 4. The predicted octanol–water partition coefficient (Wildman–Crippen LogP) is 3.12. The van der Waals surface area contributed by atoms with Crippen LogP contribution in [0, 0.1) is 5.95 Å². The van der Waals surface area contributed by atoms with Gasteiger partial charge >= 0.3 is 6.09 Å². The van der Waals surface area contributed by atoms with E-state index in [9.17, 15) is 9.18 Å². The second-order valence-corrected chi connectivity index (χ2v) is 5.00. The van der Waals surface area contributed by atoms with Crippen molar-refractivity contribution in [1.82, 2.24) is 9.97 Å². The van der Waals surface area contributed by atoms with E-state index in [2.05, 4.69) is 15.3 Å². The summed E-state index contributed by atoms with van der Waals surface area (Å²) in [6, 6.07) is 6.13. The van der Waals surface area contributed by atoms with Crippen molar-refractivity contribution in [2.24, 2.45) is 0 Å². The minimum Gasteiger partial charge on any atom is -0.444 e. The predicted molar refractivity (Wildman–Crippen MR) is 69.4 cm³/mol. The molecule has 19 heavy (non-hydrogen) atoms. The Labute approximate surface area is 109 Å². The van der Waals surface area contributed by atoms with Crippen molar-refractivity contribution in [3.63, 3.8) is 0 Å². The average Bonchev–Trinajstić information content (AvgIpc) is 2.25. The normalized spacial score (nSPS) is 11.4. The molecule has 5 nitrogen and oxygen atoms in total. The quantitative estimate of drug-likeness (QED) is 0.803. The molecule has 0 saturated carbocycles. The fraction of sp³-hybridized carbons (Fsp3) is 0.308. The first-order valence-corrected chi connectivity index (χ1v) is 5.77. The molecule has 2 aromatic heterocycles. The molecular weight excluding hydrogens is 249 g/mol. The number of fused-ring (bicyclic) bond motifs is 1. The summed E-state index contributed by atoms with van der Waals surface area (Å²) in [6.45, 7) is 5.28. The van der Waals surface area contributed by atoms with E-state index in [1.165, 1.54) is 6.07 Å². The zero-order valence-electron chi connectivity index (χ0n) is 10.9. The van der Waals surface area contributed by atoms with Gasteiger partial charge in [-0.15, -0.1) is 0 Å². The number of aromatic nitrogens is 2. The van der Waals surface area contributed by atoms with Crippen molar-refractivity contribution in [2.45, 2.75) is 26.4 Å². The molecular formula is C13H14FN3O2. The average molecular weight is 263 g/mol. The Kier molecular flexibility index (Phi) is 3.33. The number of amides is 1. The highest BCUT2D eigenvalue weighted by Crippen LogP contribution is 2.15. The Hall–Kier alpha value is -2.24. The van der Waals surface area contributed by atoms with Gasteiger partial charge in [-0.3, -0.25) is 5.32 Å². The Morgan fingerprint density at radius 1 is 1.21 bits per heavy atom. The molecule has 0 unspecified atom stereocenters. The van der Waals surface area contributed by atoms with E-state index in [0.29, 0.717) is 5.39 Å². The number of nitrogens with one attached hydrogen (secondary N) is 1. The Morgan fingerprint density at radius 2 is 1.89 bits per heavy atom. The molecule has 0 spiro atoms. The van der Waals surface area contributed by atoms with Crippen LogP contribution in [-0.2, 0) is 4.74 Å². The van der Waals surface area contributed by atoms with Gasteiger partial charge in [0.25, 0.3) is 0 Å².